The molecule has 1 fully saturated rings. The van der Waals surface area contributed by atoms with Gasteiger partial charge in [-0.25, -0.2) is 4.79 Å². The molecule has 0 bridgehead atoms. The van der Waals surface area contributed by atoms with E-state index >= 15 is 0 Å². The second kappa shape index (κ2) is 11.3. The number of rotatable bonds is 9. The van der Waals surface area contributed by atoms with Gasteiger partial charge in [-0.15, -0.1) is 11.8 Å². The molecule has 2 rings (SSSR count). The predicted molar refractivity (Wildman–Crippen MR) is 119 cm³/mol. The van der Waals surface area contributed by atoms with E-state index in [0.717, 1.165) is 49.5 Å². The maximum Gasteiger partial charge on any atom is 0.408 e. The van der Waals surface area contributed by atoms with Crippen LogP contribution in [0.2, 0.25) is 0 Å². The van der Waals surface area contributed by atoms with Crippen LogP contribution in [0.3, 0.4) is 0 Å². The minimum absolute atomic E-state index is 0.0198. The molecule has 0 spiro atoms. The summed E-state index contributed by atoms with van der Waals surface area (Å²) in [6.07, 6.45) is 1.80. The van der Waals surface area contributed by atoms with E-state index in [9.17, 15) is 9.59 Å². The molecule has 0 saturated carbocycles. The van der Waals surface area contributed by atoms with Gasteiger partial charge < -0.3 is 26.0 Å². The molecule has 0 aromatic heterocycles. The van der Waals surface area contributed by atoms with Crippen LogP contribution in [0, 0.1) is 0 Å². The number of alkyl carbamates (subject to hydrolysis) is 1. The molecule has 0 unspecified atom stereocenters. The predicted octanol–water partition coefficient (Wildman–Crippen LogP) is 2.95. The van der Waals surface area contributed by atoms with Crippen molar-refractivity contribution in [2.45, 2.75) is 58.2 Å². The van der Waals surface area contributed by atoms with Gasteiger partial charge in [-0.2, -0.15) is 0 Å². The standard InChI is InChI=1S/C21H34N4O3S/c1-21(2,3)28-20(27)24-18(19(26)25-11-12-29-15-25)9-4-5-10-23-14-16-7-6-8-17(22)13-16/h6-8,13,18,23H,4-5,9-12,14-15,22H2,1-3H3,(H,24,27)/t18-/m0/s1. The minimum Gasteiger partial charge on any atom is -0.444 e. The summed E-state index contributed by atoms with van der Waals surface area (Å²) in [6, 6.07) is 7.27. The average molecular weight is 423 g/mol. The molecule has 1 aliphatic rings. The second-order valence-electron chi connectivity index (χ2n) is 8.26. The highest BCUT2D eigenvalue weighted by atomic mass is 32.2. The molecule has 1 saturated heterocycles. The average Bonchev–Trinajstić information content (AvgIpc) is 3.16. The molecule has 162 valence electrons. The summed E-state index contributed by atoms with van der Waals surface area (Å²) >= 11 is 1.73. The zero-order valence-electron chi connectivity index (χ0n) is 17.7. The second-order valence-corrected chi connectivity index (χ2v) is 9.33. The first-order chi connectivity index (χ1) is 13.7. The van der Waals surface area contributed by atoms with Crippen LogP contribution in [0.15, 0.2) is 24.3 Å². The summed E-state index contributed by atoms with van der Waals surface area (Å²) in [5.41, 5.74) is 7.11. The quantitative estimate of drug-likeness (QED) is 0.418. The lowest BCUT2D eigenvalue weighted by Crippen LogP contribution is -2.49. The number of nitrogens with two attached hydrogens (primary N) is 1. The van der Waals surface area contributed by atoms with E-state index in [1.807, 2.05) is 49.9 Å². The molecule has 1 heterocycles. The number of anilines is 1. The number of unbranched alkanes of at least 4 members (excludes halogenated alkanes) is 1. The van der Waals surface area contributed by atoms with Crippen molar-refractivity contribution in [3.63, 3.8) is 0 Å². The number of carbonyl (C=O) groups is 2. The Kier molecular flexibility index (Phi) is 9.10. The van der Waals surface area contributed by atoms with Crippen molar-refractivity contribution in [2.24, 2.45) is 0 Å². The smallest absolute Gasteiger partial charge is 0.408 e. The fourth-order valence-electron chi connectivity index (χ4n) is 3.05. The molecule has 7 nitrogen and oxygen atoms in total. The van der Waals surface area contributed by atoms with Crippen LogP contribution in [0.1, 0.15) is 45.6 Å². The largest absolute Gasteiger partial charge is 0.444 e. The number of nitrogens with one attached hydrogen (secondary N) is 2. The molecule has 0 radical (unpaired) electrons. The monoisotopic (exact) mass is 422 g/mol. The van der Waals surface area contributed by atoms with Crippen molar-refractivity contribution >= 4 is 29.4 Å². The summed E-state index contributed by atoms with van der Waals surface area (Å²) in [7, 11) is 0. The van der Waals surface area contributed by atoms with Crippen molar-refractivity contribution < 1.29 is 14.3 Å². The third-order valence-corrected chi connectivity index (χ3v) is 5.40. The highest BCUT2D eigenvalue weighted by molar-refractivity contribution is 7.99. The Morgan fingerprint density at radius 1 is 1.31 bits per heavy atom. The summed E-state index contributed by atoms with van der Waals surface area (Å²) in [5.74, 6) is 1.61. The lowest BCUT2D eigenvalue weighted by atomic mass is 10.1. The third kappa shape index (κ3) is 8.95. The van der Waals surface area contributed by atoms with E-state index in [2.05, 4.69) is 10.6 Å². The molecule has 1 aliphatic heterocycles. The van der Waals surface area contributed by atoms with Gasteiger partial charge in [0.05, 0.1) is 5.88 Å². The van der Waals surface area contributed by atoms with Gasteiger partial charge >= 0.3 is 6.09 Å². The Labute approximate surface area is 178 Å². The van der Waals surface area contributed by atoms with E-state index in [1.165, 1.54) is 0 Å². The molecule has 0 aliphatic carbocycles. The SMILES string of the molecule is CC(C)(C)OC(=O)N[C@@H](CCCCNCc1cccc(N)c1)C(=O)N1CCSC1. The van der Waals surface area contributed by atoms with Gasteiger partial charge in [0.1, 0.15) is 11.6 Å². The third-order valence-electron chi connectivity index (χ3n) is 4.43. The lowest BCUT2D eigenvalue weighted by Gasteiger charge is -2.26. The van der Waals surface area contributed by atoms with Gasteiger partial charge in [-0.1, -0.05) is 12.1 Å². The number of nitrogens with zero attached hydrogens (tertiary/aromatic N) is 1. The van der Waals surface area contributed by atoms with Gasteiger partial charge in [0.2, 0.25) is 5.91 Å². The molecule has 2 amide bonds. The van der Waals surface area contributed by atoms with Crippen LogP contribution in [0.25, 0.3) is 0 Å². The Hall–Kier alpha value is -1.93. The van der Waals surface area contributed by atoms with Crippen LogP contribution in [0.5, 0.6) is 0 Å². The van der Waals surface area contributed by atoms with Gasteiger partial charge in [-0.3, -0.25) is 4.79 Å². The van der Waals surface area contributed by atoms with Crippen molar-refractivity contribution in [1.82, 2.24) is 15.5 Å². The summed E-state index contributed by atoms with van der Waals surface area (Å²) in [4.78, 5) is 26.8. The number of benzene rings is 1. The highest BCUT2D eigenvalue weighted by Crippen LogP contribution is 2.17. The Morgan fingerprint density at radius 3 is 2.76 bits per heavy atom. The van der Waals surface area contributed by atoms with Gasteiger partial charge in [-0.05, 0) is 64.3 Å². The topological polar surface area (TPSA) is 96.7 Å². The summed E-state index contributed by atoms with van der Waals surface area (Å²) < 4.78 is 5.34. The van der Waals surface area contributed by atoms with E-state index in [-0.39, 0.29) is 5.91 Å². The number of carbonyl (C=O) groups excluding carboxylic acids is 2. The molecule has 4 N–H and O–H groups in total. The Balaban J connectivity index is 1.77. The van der Waals surface area contributed by atoms with Crippen LogP contribution >= 0.6 is 11.8 Å². The maximum absolute atomic E-state index is 12.8. The molecule has 8 heteroatoms. The zero-order chi connectivity index (χ0) is 21.3. The number of amides is 2. The molecule has 29 heavy (non-hydrogen) atoms. The number of hydrogen-bond acceptors (Lipinski definition) is 6. The van der Waals surface area contributed by atoms with Gasteiger partial charge in [0.15, 0.2) is 0 Å². The van der Waals surface area contributed by atoms with Crippen molar-refractivity contribution in [3.05, 3.63) is 29.8 Å². The highest BCUT2D eigenvalue weighted by Gasteiger charge is 2.29. The first kappa shape index (κ1) is 23.3. The van der Waals surface area contributed by atoms with Crippen LogP contribution < -0.4 is 16.4 Å². The minimum atomic E-state index is -0.591. The van der Waals surface area contributed by atoms with Gasteiger partial charge in [0.25, 0.3) is 0 Å². The molecule has 1 aromatic rings. The number of nitrogen functional groups attached to an aromatic ring is 1. The van der Waals surface area contributed by atoms with Crippen molar-refractivity contribution in [3.8, 4) is 0 Å². The molecular weight excluding hydrogens is 388 g/mol. The fourth-order valence-corrected chi connectivity index (χ4v) is 4.01. The van der Waals surface area contributed by atoms with E-state index < -0.39 is 17.7 Å². The number of ether oxygens (including phenoxy) is 1. The van der Waals surface area contributed by atoms with Crippen molar-refractivity contribution in [1.29, 1.82) is 0 Å². The first-order valence-electron chi connectivity index (χ1n) is 10.2. The van der Waals surface area contributed by atoms with E-state index in [1.54, 1.807) is 11.8 Å². The summed E-state index contributed by atoms with van der Waals surface area (Å²) in [6.45, 7) is 7.76. The summed E-state index contributed by atoms with van der Waals surface area (Å²) in [5, 5.41) is 6.17. The van der Waals surface area contributed by atoms with Crippen LogP contribution in [-0.4, -0.2) is 53.3 Å². The van der Waals surface area contributed by atoms with E-state index in [0.29, 0.717) is 12.3 Å². The molecule has 1 aromatic carbocycles. The van der Waals surface area contributed by atoms with Crippen LogP contribution in [0.4, 0.5) is 10.5 Å². The normalized spacial score (nSPS) is 15.2. The molecular formula is C21H34N4O3S. The van der Waals surface area contributed by atoms with Crippen LogP contribution in [-0.2, 0) is 16.1 Å². The van der Waals surface area contributed by atoms with Gasteiger partial charge in [0, 0.05) is 24.5 Å². The first-order valence-corrected chi connectivity index (χ1v) is 11.3. The lowest BCUT2D eigenvalue weighted by molar-refractivity contribution is -0.132. The maximum atomic E-state index is 12.8. The zero-order valence-corrected chi connectivity index (χ0v) is 18.5. The van der Waals surface area contributed by atoms with Crippen molar-refractivity contribution in [2.75, 3.05) is 30.5 Å². The molecule has 1 atom stereocenters. The fraction of sp³-hybridized carbons (Fsp3) is 0.619. The Bertz CT molecular complexity index is 672. The number of hydrogen-bond donors (Lipinski definition) is 3. The van der Waals surface area contributed by atoms with E-state index in [4.69, 9.17) is 10.5 Å². The number of thioether (sulfide) groups is 1. The Morgan fingerprint density at radius 2 is 2.10 bits per heavy atom.